The molecule has 0 bridgehead atoms. The molecule has 8 heteroatoms. The zero-order valence-electron chi connectivity index (χ0n) is 18.6. The van der Waals surface area contributed by atoms with Crippen LogP contribution < -0.4 is 5.32 Å². The molecule has 1 fully saturated rings. The van der Waals surface area contributed by atoms with Crippen LogP contribution in [0.3, 0.4) is 0 Å². The summed E-state index contributed by atoms with van der Waals surface area (Å²) >= 11 is 7.32. The van der Waals surface area contributed by atoms with Gasteiger partial charge in [0, 0.05) is 17.1 Å². The highest BCUT2D eigenvalue weighted by Crippen LogP contribution is 2.32. The van der Waals surface area contributed by atoms with Gasteiger partial charge >= 0.3 is 5.97 Å². The fraction of sp³-hybridized carbons (Fsp3) is 0.160. The molecule has 1 aromatic heterocycles. The molecule has 4 rings (SSSR count). The van der Waals surface area contributed by atoms with E-state index in [1.54, 1.807) is 18.2 Å². The number of benzene rings is 2. The summed E-state index contributed by atoms with van der Waals surface area (Å²) in [5, 5.41) is 13.0. The molecule has 0 aliphatic carbocycles. The van der Waals surface area contributed by atoms with Gasteiger partial charge in [-0.1, -0.05) is 29.3 Å². The Morgan fingerprint density at radius 2 is 1.88 bits per heavy atom. The number of carbonyl (C=O) groups is 2. The van der Waals surface area contributed by atoms with Crippen molar-refractivity contribution in [3.8, 4) is 5.69 Å². The normalized spacial score (nSPS) is 16.0. The maximum absolute atomic E-state index is 12.6. The molecule has 1 amide bonds. The Balaban J connectivity index is 1.67. The van der Waals surface area contributed by atoms with Gasteiger partial charge in [0.2, 0.25) is 0 Å². The average molecular weight is 480 g/mol. The molecular formula is C25H22ClN3O3S. The van der Waals surface area contributed by atoms with Crippen molar-refractivity contribution in [2.24, 2.45) is 4.99 Å². The standard InChI is InChI=1S/C25H22ClN3O3S/c1-13-5-8-21(14(2)9-13)27-25-28-23(30)22(33-25)11-17-10-15(3)29(16(17)4)18-6-7-20(26)19(12-18)24(31)32/h5-12H,1-4H3,(H,31,32)(H,27,28,30)/b22-11-. The highest BCUT2D eigenvalue weighted by molar-refractivity contribution is 8.18. The van der Waals surface area contributed by atoms with Crippen molar-refractivity contribution in [3.63, 3.8) is 0 Å². The minimum Gasteiger partial charge on any atom is -0.478 e. The van der Waals surface area contributed by atoms with E-state index >= 15 is 0 Å². The maximum atomic E-state index is 12.6. The first-order valence-corrected chi connectivity index (χ1v) is 11.4. The van der Waals surface area contributed by atoms with Gasteiger partial charge < -0.3 is 15.0 Å². The van der Waals surface area contributed by atoms with Gasteiger partial charge in [-0.3, -0.25) is 4.79 Å². The van der Waals surface area contributed by atoms with Crippen molar-refractivity contribution in [1.82, 2.24) is 9.88 Å². The van der Waals surface area contributed by atoms with Crippen LogP contribution in [0.1, 0.15) is 38.4 Å². The number of aliphatic imine (C=N–C) groups is 1. The van der Waals surface area contributed by atoms with Gasteiger partial charge in [-0.2, -0.15) is 0 Å². The highest BCUT2D eigenvalue weighted by atomic mass is 35.5. The lowest BCUT2D eigenvalue weighted by Gasteiger charge is -2.11. The van der Waals surface area contributed by atoms with Gasteiger partial charge in [-0.25, -0.2) is 9.79 Å². The Bertz CT molecular complexity index is 1370. The first-order valence-electron chi connectivity index (χ1n) is 10.2. The molecule has 0 radical (unpaired) electrons. The van der Waals surface area contributed by atoms with E-state index in [0.717, 1.165) is 33.8 Å². The average Bonchev–Trinajstić information content (AvgIpc) is 3.23. The van der Waals surface area contributed by atoms with Gasteiger partial charge in [0.15, 0.2) is 5.17 Å². The number of aromatic carboxylic acids is 1. The lowest BCUT2D eigenvalue weighted by atomic mass is 10.1. The summed E-state index contributed by atoms with van der Waals surface area (Å²) in [6.45, 7) is 7.88. The van der Waals surface area contributed by atoms with Crippen LogP contribution in [-0.4, -0.2) is 26.7 Å². The number of hydrogen-bond acceptors (Lipinski definition) is 4. The molecule has 0 saturated carbocycles. The number of hydrogen-bond donors (Lipinski definition) is 2. The molecule has 3 aromatic rings. The topological polar surface area (TPSA) is 83.7 Å². The minimum atomic E-state index is -1.08. The Labute approximate surface area is 201 Å². The molecule has 168 valence electrons. The highest BCUT2D eigenvalue weighted by Gasteiger charge is 2.25. The lowest BCUT2D eigenvalue weighted by molar-refractivity contribution is -0.115. The van der Waals surface area contributed by atoms with Crippen molar-refractivity contribution in [2.75, 3.05) is 0 Å². The van der Waals surface area contributed by atoms with Crippen molar-refractivity contribution in [1.29, 1.82) is 0 Å². The zero-order valence-corrected chi connectivity index (χ0v) is 20.1. The summed E-state index contributed by atoms with van der Waals surface area (Å²) in [6, 6.07) is 12.9. The van der Waals surface area contributed by atoms with E-state index < -0.39 is 5.97 Å². The summed E-state index contributed by atoms with van der Waals surface area (Å²) in [6.07, 6.45) is 1.83. The van der Waals surface area contributed by atoms with E-state index in [9.17, 15) is 14.7 Å². The molecule has 0 unspecified atom stereocenters. The van der Waals surface area contributed by atoms with Crippen LogP contribution in [0.25, 0.3) is 11.8 Å². The summed E-state index contributed by atoms with van der Waals surface area (Å²) in [4.78, 5) is 29.2. The number of carboxylic acid groups (broad SMARTS) is 1. The third-order valence-electron chi connectivity index (χ3n) is 5.42. The molecule has 6 nitrogen and oxygen atoms in total. The Hall–Kier alpha value is -3.29. The van der Waals surface area contributed by atoms with Gasteiger partial charge in [-0.05, 0) is 87.0 Å². The van der Waals surface area contributed by atoms with E-state index in [4.69, 9.17) is 11.6 Å². The second-order valence-electron chi connectivity index (χ2n) is 7.90. The minimum absolute atomic E-state index is 0.0413. The fourth-order valence-electron chi connectivity index (χ4n) is 3.81. The molecule has 1 aliphatic rings. The Morgan fingerprint density at radius 1 is 1.12 bits per heavy atom. The molecule has 2 aromatic carbocycles. The van der Waals surface area contributed by atoms with Crippen LogP contribution in [0.5, 0.6) is 0 Å². The molecule has 2 N–H and O–H groups in total. The summed E-state index contributed by atoms with van der Waals surface area (Å²) in [5.41, 5.74) is 6.41. The predicted octanol–water partition coefficient (Wildman–Crippen LogP) is 5.95. The number of carbonyl (C=O) groups excluding carboxylic acids is 1. The van der Waals surface area contributed by atoms with E-state index in [1.807, 2.05) is 56.5 Å². The molecule has 1 saturated heterocycles. The number of carboxylic acids is 1. The van der Waals surface area contributed by atoms with Crippen LogP contribution in [0, 0.1) is 27.7 Å². The van der Waals surface area contributed by atoms with Crippen LogP contribution in [0.4, 0.5) is 5.69 Å². The number of thioether (sulfide) groups is 1. The zero-order chi connectivity index (χ0) is 23.9. The number of nitrogens with zero attached hydrogens (tertiary/aromatic N) is 2. The molecule has 0 spiro atoms. The number of aryl methyl sites for hydroxylation is 3. The monoisotopic (exact) mass is 479 g/mol. The van der Waals surface area contributed by atoms with Gasteiger partial charge in [0.1, 0.15) is 0 Å². The number of rotatable bonds is 4. The van der Waals surface area contributed by atoms with Crippen molar-refractivity contribution < 1.29 is 14.7 Å². The van der Waals surface area contributed by atoms with Crippen molar-refractivity contribution in [2.45, 2.75) is 27.7 Å². The van der Waals surface area contributed by atoms with Crippen LogP contribution in [0.15, 0.2) is 52.4 Å². The number of nitrogens with one attached hydrogen (secondary N) is 1. The van der Waals surface area contributed by atoms with Crippen molar-refractivity contribution >= 4 is 52.2 Å². The number of amidine groups is 1. The third kappa shape index (κ3) is 4.60. The molecular weight excluding hydrogens is 458 g/mol. The van der Waals surface area contributed by atoms with Crippen molar-refractivity contribution in [3.05, 3.63) is 86.0 Å². The Morgan fingerprint density at radius 3 is 2.58 bits per heavy atom. The van der Waals surface area contributed by atoms with Crippen LogP contribution in [-0.2, 0) is 4.79 Å². The SMILES string of the molecule is Cc1ccc(N=C2NC(=O)/C(=C/c3cc(C)n(-c4ccc(Cl)c(C(=O)O)c4)c3C)S2)c(C)c1. The van der Waals surface area contributed by atoms with E-state index in [0.29, 0.717) is 15.8 Å². The lowest BCUT2D eigenvalue weighted by Crippen LogP contribution is -2.19. The maximum Gasteiger partial charge on any atom is 0.337 e. The smallest absolute Gasteiger partial charge is 0.337 e. The first kappa shape index (κ1) is 22.9. The fourth-order valence-corrected chi connectivity index (χ4v) is 4.83. The second-order valence-corrected chi connectivity index (χ2v) is 9.34. The molecule has 1 aliphatic heterocycles. The predicted molar refractivity (Wildman–Crippen MR) is 134 cm³/mol. The third-order valence-corrected chi connectivity index (χ3v) is 6.66. The summed E-state index contributed by atoms with van der Waals surface area (Å²) in [5.74, 6) is -1.28. The summed E-state index contributed by atoms with van der Waals surface area (Å²) in [7, 11) is 0. The molecule has 0 atom stereocenters. The van der Waals surface area contributed by atoms with Crippen LogP contribution in [0.2, 0.25) is 5.02 Å². The van der Waals surface area contributed by atoms with E-state index in [-0.39, 0.29) is 16.5 Å². The first-order chi connectivity index (χ1) is 15.6. The van der Waals surface area contributed by atoms with Gasteiger partial charge in [-0.15, -0.1) is 0 Å². The Kier molecular flexibility index (Phi) is 6.19. The number of aromatic nitrogens is 1. The number of amides is 1. The molecule has 2 heterocycles. The quantitative estimate of drug-likeness (QED) is 0.452. The van der Waals surface area contributed by atoms with Gasteiger partial charge in [0.05, 0.1) is 21.2 Å². The van der Waals surface area contributed by atoms with E-state index in [1.165, 1.54) is 11.8 Å². The largest absolute Gasteiger partial charge is 0.478 e. The number of halogens is 1. The van der Waals surface area contributed by atoms with Crippen LogP contribution >= 0.6 is 23.4 Å². The summed E-state index contributed by atoms with van der Waals surface area (Å²) < 4.78 is 1.94. The van der Waals surface area contributed by atoms with Gasteiger partial charge in [0.25, 0.3) is 5.91 Å². The molecule has 33 heavy (non-hydrogen) atoms. The van der Waals surface area contributed by atoms with E-state index in [2.05, 4.69) is 16.4 Å². The second kappa shape index (κ2) is 8.92.